The predicted molar refractivity (Wildman–Crippen MR) is 111 cm³/mol. The van der Waals surface area contributed by atoms with Crippen LogP contribution in [0.3, 0.4) is 0 Å². The molecule has 1 aromatic rings. The first-order chi connectivity index (χ1) is 13.3. The van der Waals surface area contributed by atoms with Gasteiger partial charge in [0.15, 0.2) is 5.96 Å². The molecule has 1 aromatic carbocycles. The molecule has 1 saturated heterocycles. The third-order valence-corrected chi connectivity index (χ3v) is 5.22. The maximum Gasteiger partial charge on any atom is 0.409 e. The van der Waals surface area contributed by atoms with Gasteiger partial charge < -0.3 is 20.3 Å². The van der Waals surface area contributed by atoms with E-state index >= 15 is 0 Å². The highest BCUT2D eigenvalue weighted by Gasteiger charge is 2.26. The summed E-state index contributed by atoms with van der Waals surface area (Å²) >= 11 is 6.24. The van der Waals surface area contributed by atoms with E-state index in [9.17, 15) is 9.18 Å². The Bertz CT molecular complexity index is 703. The van der Waals surface area contributed by atoms with Crippen LogP contribution in [0.5, 0.6) is 0 Å². The van der Waals surface area contributed by atoms with Crippen LogP contribution in [0.25, 0.3) is 0 Å². The number of methoxy groups -OCH3 is 1. The van der Waals surface area contributed by atoms with Crippen LogP contribution in [0.4, 0.5) is 9.18 Å². The van der Waals surface area contributed by atoms with Gasteiger partial charge in [0, 0.05) is 36.1 Å². The number of carbonyl (C=O) groups excluding carboxylic acids is 1. The third-order valence-electron chi connectivity index (χ3n) is 4.91. The SMILES string of the molecule is CCNC(=NCC(C)(C)c1ccc(F)cc1Cl)NC1CCN(C(=O)OC)CC1. The van der Waals surface area contributed by atoms with Crippen LogP contribution in [0.2, 0.25) is 5.02 Å². The fraction of sp³-hybridized carbons (Fsp3) is 0.600. The van der Waals surface area contributed by atoms with E-state index in [1.807, 2.05) is 20.8 Å². The lowest BCUT2D eigenvalue weighted by molar-refractivity contribution is 0.111. The summed E-state index contributed by atoms with van der Waals surface area (Å²) in [6.07, 6.45) is 1.37. The minimum atomic E-state index is -0.346. The molecule has 1 aliphatic heterocycles. The van der Waals surface area contributed by atoms with Crippen LogP contribution in [-0.4, -0.2) is 56.3 Å². The van der Waals surface area contributed by atoms with Gasteiger partial charge >= 0.3 is 6.09 Å². The second kappa shape index (κ2) is 9.96. The number of amides is 1. The van der Waals surface area contributed by atoms with Gasteiger partial charge in [-0.3, -0.25) is 4.99 Å². The van der Waals surface area contributed by atoms with Crippen molar-refractivity contribution < 1.29 is 13.9 Å². The minimum absolute atomic E-state index is 0.233. The predicted octanol–water partition coefficient (Wildman–Crippen LogP) is 3.54. The van der Waals surface area contributed by atoms with Crippen LogP contribution < -0.4 is 10.6 Å². The smallest absolute Gasteiger partial charge is 0.409 e. The Hall–Kier alpha value is -2.02. The molecule has 156 valence electrons. The highest BCUT2D eigenvalue weighted by atomic mass is 35.5. The quantitative estimate of drug-likeness (QED) is 0.573. The van der Waals surface area contributed by atoms with Crippen molar-refractivity contribution in [2.45, 2.75) is 45.1 Å². The van der Waals surface area contributed by atoms with Gasteiger partial charge in [-0.15, -0.1) is 0 Å². The molecule has 28 heavy (non-hydrogen) atoms. The van der Waals surface area contributed by atoms with Gasteiger partial charge in [0.1, 0.15) is 5.82 Å². The largest absolute Gasteiger partial charge is 0.453 e. The van der Waals surface area contributed by atoms with Crippen LogP contribution in [0.15, 0.2) is 23.2 Å². The lowest BCUT2D eigenvalue weighted by atomic mass is 9.84. The summed E-state index contributed by atoms with van der Waals surface area (Å²) in [6.45, 7) is 8.63. The first-order valence-corrected chi connectivity index (χ1v) is 9.98. The Morgan fingerprint density at radius 1 is 1.39 bits per heavy atom. The number of nitrogens with zero attached hydrogens (tertiary/aromatic N) is 2. The van der Waals surface area contributed by atoms with E-state index in [1.165, 1.54) is 19.2 Å². The second-order valence-electron chi connectivity index (χ2n) is 7.58. The van der Waals surface area contributed by atoms with Crippen molar-refractivity contribution in [2.24, 2.45) is 4.99 Å². The zero-order valence-corrected chi connectivity index (χ0v) is 17.8. The number of hydrogen-bond acceptors (Lipinski definition) is 3. The van der Waals surface area contributed by atoms with Gasteiger partial charge in [0.05, 0.1) is 13.7 Å². The molecule has 1 aliphatic rings. The molecule has 0 bridgehead atoms. The van der Waals surface area contributed by atoms with Crippen molar-refractivity contribution in [3.63, 3.8) is 0 Å². The molecule has 1 fully saturated rings. The number of ether oxygens (including phenoxy) is 1. The molecule has 1 amide bonds. The number of nitrogens with one attached hydrogen (secondary N) is 2. The second-order valence-corrected chi connectivity index (χ2v) is 7.99. The van der Waals surface area contributed by atoms with E-state index in [0.717, 1.165) is 30.9 Å². The summed E-state index contributed by atoms with van der Waals surface area (Å²) in [7, 11) is 1.40. The van der Waals surface area contributed by atoms with Crippen molar-refractivity contribution in [3.05, 3.63) is 34.6 Å². The molecule has 6 nitrogen and oxygen atoms in total. The standard InChI is InChI=1S/C20H30ClFN4O2/c1-5-23-18(25-15-8-10-26(11-9-15)19(27)28-4)24-13-20(2,3)16-7-6-14(22)12-17(16)21/h6-7,12,15H,5,8-11,13H2,1-4H3,(H2,23,24,25). The molecule has 0 saturated carbocycles. The van der Waals surface area contributed by atoms with Crippen molar-refractivity contribution in [2.75, 3.05) is 33.3 Å². The van der Waals surface area contributed by atoms with E-state index < -0.39 is 0 Å². The zero-order chi connectivity index (χ0) is 20.7. The molecule has 0 aliphatic carbocycles. The fourth-order valence-corrected chi connectivity index (χ4v) is 3.67. The number of piperidine rings is 1. The number of benzene rings is 1. The highest BCUT2D eigenvalue weighted by molar-refractivity contribution is 6.31. The molecule has 1 heterocycles. The molecule has 2 rings (SSSR count). The van der Waals surface area contributed by atoms with Gasteiger partial charge in [0.2, 0.25) is 0 Å². The van der Waals surface area contributed by atoms with E-state index in [-0.39, 0.29) is 23.4 Å². The Labute approximate surface area is 171 Å². The van der Waals surface area contributed by atoms with Gasteiger partial charge in [-0.05, 0) is 37.5 Å². The maximum atomic E-state index is 13.3. The van der Waals surface area contributed by atoms with Gasteiger partial charge in [0.25, 0.3) is 0 Å². The number of hydrogen-bond donors (Lipinski definition) is 2. The highest BCUT2D eigenvalue weighted by Crippen LogP contribution is 2.30. The number of likely N-dealkylation sites (tertiary alicyclic amines) is 1. The molecule has 2 N–H and O–H groups in total. The Morgan fingerprint density at radius 2 is 2.07 bits per heavy atom. The van der Waals surface area contributed by atoms with Gasteiger partial charge in [-0.2, -0.15) is 0 Å². The van der Waals surface area contributed by atoms with Crippen molar-refractivity contribution >= 4 is 23.7 Å². The molecule has 0 radical (unpaired) electrons. The number of carbonyl (C=O) groups is 1. The first-order valence-electron chi connectivity index (χ1n) is 9.60. The summed E-state index contributed by atoms with van der Waals surface area (Å²) in [5, 5.41) is 7.12. The third kappa shape index (κ3) is 5.99. The Morgan fingerprint density at radius 3 is 2.64 bits per heavy atom. The average Bonchev–Trinajstić information content (AvgIpc) is 2.66. The summed E-state index contributed by atoms with van der Waals surface area (Å²) in [6, 6.07) is 4.71. The Balaban J connectivity index is 2.01. The lowest BCUT2D eigenvalue weighted by Gasteiger charge is -2.32. The van der Waals surface area contributed by atoms with Crippen molar-refractivity contribution in [3.8, 4) is 0 Å². The van der Waals surface area contributed by atoms with Gasteiger partial charge in [-0.25, -0.2) is 9.18 Å². The molecule has 8 heteroatoms. The van der Waals surface area contributed by atoms with Crippen LogP contribution in [-0.2, 0) is 10.2 Å². The Kier molecular flexibility index (Phi) is 7.92. The van der Waals surface area contributed by atoms with E-state index in [4.69, 9.17) is 21.3 Å². The average molecular weight is 413 g/mol. The van der Waals surface area contributed by atoms with E-state index in [1.54, 1.807) is 11.0 Å². The summed E-state index contributed by atoms with van der Waals surface area (Å²) < 4.78 is 18.1. The maximum absolute atomic E-state index is 13.3. The molecule has 0 aromatic heterocycles. The topological polar surface area (TPSA) is 66.0 Å². The number of halogens is 2. The number of aliphatic imine (C=N–C) groups is 1. The molecule has 0 unspecified atom stereocenters. The molecule has 0 spiro atoms. The summed E-state index contributed by atoms with van der Waals surface area (Å²) in [4.78, 5) is 18.0. The summed E-state index contributed by atoms with van der Waals surface area (Å²) in [5.41, 5.74) is 0.517. The van der Waals surface area contributed by atoms with E-state index in [2.05, 4.69) is 10.6 Å². The first kappa shape index (κ1) is 22.3. The van der Waals surface area contributed by atoms with Crippen molar-refractivity contribution in [1.29, 1.82) is 0 Å². The van der Waals surface area contributed by atoms with Crippen LogP contribution >= 0.6 is 11.6 Å². The summed E-state index contributed by atoms with van der Waals surface area (Å²) in [5.74, 6) is 0.381. The van der Waals surface area contributed by atoms with Crippen molar-refractivity contribution in [1.82, 2.24) is 15.5 Å². The number of guanidine groups is 1. The van der Waals surface area contributed by atoms with Crippen LogP contribution in [0, 0.1) is 5.82 Å². The van der Waals surface area contributed by atoms with Crippen LogP contribution in [0.1, 0.15) is 39.2 Å². The fourth-order valence-electron chi connectivity index (χ4n) is 3.25. The molecule has 0 atom stereocenters. The lowest BCUT2D eigenvalue weighted by Crippen LogP contribution is -2.50. The van der Waals surface area contributed by atoms with E-state index in [0.29, 0.717) is 24.7 Å². The molecular formula is C20H30ClFN4O2. The number of rotatable bonds is 5. The zero-order valence-electron chi connectivity index (χ0n) is 17.0. The molecular weight excluding hydrogens is 383 g/mol. The van der Waals surface area contributed by atoms with Gasteiger partial charge in [-0.1, -0.05) is 31.5 Å². The normalized spacial score (nSPS) is 16.1. The minimum Gasteiger partial charge on any atom is -0.453 e. The monoisotopic (exact) mass is 412 g/mol.